The first kappa shape index (κ1) is 102. The van der Waals surface area contributed by atoms with E-state index >= 15 is 0 Å². The van der Waals surface area contributed by atoms with Gasteiger partial charge in [0.05, 0.1) is 63.9 Å². The fraction of sp³-hybridized carbons (Fsp3) is 0.603. The fourth-order valence-corrected chi connectivity index (χ4v) is 9.90. The Balaban J connectivity index is 3.21. The van der Waals surface area contributed by atoms with Crippen molar-refractivity contribution in [1.29, 1.82) is 0 Å². The summed E-state index contributed by atoms with van der Waals surface area (Å²) in [7, 11) is 0. The zero-order valence-corrected chi connectivity index (χ0v) is 65.4. The highest BCUT2D eigenvalue weighted by atomic mass is 16.4. The molecule has 1 aromatic rings. The molecule has 0 saturated carbocycles. The standard InChI is InChI=1S/C68H107N19O29/c1-27(2)18-39(81-56(103)30(6)76-46(95)23-72-59(106)41(21-50(100)101)82-57(104)31(7)75-45(94)22-71-55(102)29(5)78-64(111)51(70)33(9)89)62(109)87-53(34(10)90)66(113)74-25-48(97)85-54(35(11)91)67(114)83-40(19-36-12-14-37(92)15-13-36)61(108)80-38(16-17-49(98)99)60(107)84-43(26-88)63(110)77-32(8)58(105)86-52(28(3)4)65(112)73-24-47(96)79-42(68(115)116)20-44(69)93/h12-15,27-35,38-43,51-54,88-92H,16-26,70H2,1-11H3,(H2,69,93)(H,71,102)(H,72,106)(H,73,112)(H,74,113)(H,75,94)(H,76,95)(H,77,110)(H,78,111)(H,79,96)(H,80,108)(H,81,103)(H,82,104)(H,83,114)(H,84,107)(H,85,97)(H,86,105)(H,87,109)(H,98,99)(H,100,101)(H,115,116)/t29-,30-,31-,32-,33+,34+,35+,38-,39-,40-,41-,42-,43-,51-,52-,53-,54-/m0/s1. The van der Waals surface area contributed by atoms with Crippen molar-refractivity contribution in [2.45, 2.75) is 218 Å². The summed E-state index contributed by atoms with van der Waals surface area (Å²) in [6.07, 6.45) is -8.83. The fourth-order valence-electron chi connectivity index (χ4n) is 9.90. The maximum atomic E-state index is 14.3. The molecule has 48 nitrogen and oxygen atoms in total. The number of primary amides is 1. The van der Waals surface area contributed by atoms with Gasteiger partial charge in [-0.1, -0.05) is 39.8 Å². The second-order valence-electron chi connectivity index (χ2n) is 27.6. The summed E-state index contributed by atoms with van der Waals surface area (Å²) in [6.45, 7) is 9.49. The Morgan fingerprint density at radius 1 is 0.362 bits per heavy atom. The summed E-state index contributed by atoms with van der Waals surface area (Å²) < 4.78 is 0. The molecule has 48 heteroatoms. The van der Waals surface area contributed by atoms with Crippen molar-refractivity contribution in [1.82, 2.24) is 90.4 Å². The third-order valence-corrected chi connectivity index (χ3v) is 16.4. The smallest absolute Gasteiger partial charge is 0.326 e. The van der Waals surface area contributed by atoms with Crippen molar-refractivity contribution in [3.63, 3.8) is 0 Å². The molecule has 1 rings (SSSR count). The van der Waals surface area contributed by atoms with Crippen LogP contribution in [0.3, 0.4) is 0 Å². The van der Waals surface area contributed by atoms with Crippen molar-refractivity contribution >= 4 is 124 Å². The van der Waals surface area contributed by atoms with Crippen LogP contribution in [0.1, 0.15) is 114 Å². The average Bonchev–Trinajstić information content (AvgIpc) is 0.849. The van der Waals surface area contributed by atoms with Gasteiger partial charge >= 0.3 is 17.9 Å². The number of phenolic OH excluding ortho intramolecular Hbond substituents is 1. The van der Waals surface area contributed by atoms with Crippen LogP contribution in [0.4, 0.5) is 0 Å². The lowest BCUT2D eigenvalue weighted by atomic mass is 10.0. The van der Waals surface area contributed by atoms with Crippen LogP contribution in [0.15, 0.2) is 24.3 Å². The lowest BCUT2D eigenvalue weighted by molar-refractivity contribution is -0.143. The molecule has 0 aliphatic rings. The molecule has 0 heterocycles. The zero-order chi connectivity index (χ0) is 88.9. The van der Waals surface area contributed by atoms with E-state index < -0.39 is 298 Å². The minimum atomic E-state index is -1.99. The number of hydrogen-bond acceptors (Lipinski definition) is 27. The first-order valence-electron chi connectivity index (χ1n) is 36.0. The number of aliphatic hydroxyl groups is 4. The number of nitrogens with one attached hydrogen (secondary N) is 17. The number of rotatable bonds is 51. The molecule has 0 radical (unpaired) electrons. The van der Waals surface area contributed by atoms with Crippen LogP contribution in [0.25, 0.3) is 0 Å². The van der Waals surface area contributed by atoms with E-state index in [1.165, 1.54) is 52.0 Å². The van der Waals surface area contributed by atoms with Gasteiger partial charge in [0, 0.05) is 12.8 Å². The molecule has 0 aliphatic heterocycles. The van der Waals surface area contributed by atoms with E-state index in [0.717, 1.165) is 34.6 Å². The highest BCUT2D eigenvalue weighted by molar-refractivity contribution is 6.01. The second kappa shape index (κ2) is 50.0. The van der Waals surface area contributed by atoms with Crippen molar-refractivity contribution in [3.8, 4) is 5.75 Å². The van der Waals surface area contributed by atoms with E-state index in [0.29, 0.717) is 0 Å². The highest BCUT2D eigenvalue weighted by Gasteiger charge is 2.38. The largest absolute Gasteiger partial charge is 0.508 e. The summed E-state index contributed by atoms with van der Waals surface area (Å²) in [5.41, 5.74) is 10.8. The first-order valence-corrected chi connectivity index (χ1v) is 36.0. The topological polar surface area (TPSA) is 777 Å². The number of phenols is 1. The highest BCUT2D eigenvalue weighted by Crippen LogP contribution is 2.14. The molecular formula is C68H107N19O29. The number of carbonyl (C=O) groups is 21. The van der Waals surface area contributed by atoms with Crippen LogP contribution in [-0.2, 0) is 107 Å². The Morgan fingerprint density at radius 2 is 0.750 bits per heavy atom. The summed E-state index contributed by atoms with van der Waals surface area (Å²) >= 11 is 0. The third kappa shape index (κ3) is 38.0. The Labute approximate surface area is 663 Å². The minimum absolute atomic E-state index is 0.145. The van der Waals surface area contributed by atoms with Crippen LogP contribution < -0.4 is 102 Å². The van der Waals surface area contributed by atoms with E-state index in [2.05, 4.69) is 85.1 Å². The lowest BCUT2D eigenvalue weighted by Gasteiger charge is -2.28. The number of nitrogens with two attached hydrogens (primary N) is 2. The molecule has 29 N–H and O–H groups in total. The Kier molecular flexibility index (Phi) is 43.9. The van der Waals surface area contributed by atoms with Crippen molar-refractivity contribution < 1.29 is 142 Å². The molecule has 0 saturated heterocycles. The number of carbonyl (C=O) groups excluding carboxylic acids is 18. The molecule has 116 heavy (non-hydrogen) atoms. The summed E-state index contributed by atoms with van der Waals surface area (Å²) in [5.74, 6) is -25.8. The normalized spacial score (nSPS) is 15.4. The summed E-state index contributed by atoms with van der Waals surface area (Å²) in [5, 5.41) is 117. The molecule has 0 aliphatic carbocycles. The van der Waals surface area contributed by atoms with Crippen LogP contribution in [-0.4, -0.2) is 301 Å². The van der Waals surface area contributed by atoms with E-state index in [1.54, 1.807) is 13.8 Å². The number of hydrogen-bond donors (Lipinski definition) is 27. The molecule has 0 aromatic heterocycles. The van der Waals surface area contributed by atoms with Gasteiger partial charge in [0.25, 0.3) is 0 Å². The van der Waals surface area contributed by atoms with Gasteiger partial charge in [-0.3, -0.25) is 95.9 Å². The molecule has 18 amide bonds. The van der Waals surface area contributed by atoms with Gasteiger partial charge in [0.1, 0.15) is 90.3 Å². The van der Waals surface area contributed by atoms with Gasteiger partial charge in [-0.25, -0.2) is 4.79 Å². The molecule has 17 atom stereocenters. The molecule has 648 valence electrons. The molecular weight excluding hydrogens is 1550 g/mol. The van der Waals surface area contributed by atoms with E-state index in [-0.39, 0.29) is 23.7 Å². The summed E-state index contributed by atoms with van der Waals surface area (Å²) in [6, 6.07) is -18.2. The molecule has 0 fully saturated rings. The molecule has 0 spiro atoms. The summed E-state index contributed by atoms with van der Waals surface area (Å²) in [4.78, 5) is 271. The second-order valence-corrected chi connectivity index (χ2v) is 27.6. The molecule has 0 unspecified atom stereocenters. The minimum Gasteiger partial charge on any atom is -0.508 e. The molecule has 0 bridgehead atoms. The average molecular weight is 1650 g/mol. The zero-order valence-electron chi connectivity index (χ0n) is 65.4. The monoisotopic (exact) mass is 1650 g/mol. The van der Waals surface area contributed by atoms with E-state index in [4.69, 9.17) is 11.5 Å². The van der Waals surface area contributed by atoms with Gasteiger partial charge in [-0.2, -0.15) is 0 Å². The van der Waals surface area contributed by atoms with E-state index in [9.17, 15) is 142 Å². The van der Waals surface area contributed by atoms with Crippen LogP contribution in [0.2, 0.25) is 0 Å². The maximum absolute atomic E-state index is 14.3. The maximum Gasteiger partial charge on any atom is 0.326 e. The number of carboxylic acid groups (broad SMARTS) is 3. The van der Waals surface area contributed by atoms with E-state index in [1.807, 2.05) is 5.32 Å². The van der Waals surface area contributed by atoms with Gasteiger partial charge in [-0.15, -0.1) is 0 Å². The quantitative estimate of drug-likeness (QED) is 0.0288. The SMILES string of the molecule is CC(C)C[C@H](NC(=O)[C@H](C)NC(=O)CNC(=O)[C@H](CC(=O)O)NC(=O)[C@H](C)NC(=O)CNC(=O)[C@H](C)NC(=O)[C@@H](N)[C@@H](C)O)C(=O)N[C@H](C(=O)NCC(=O)N[C@H](C(=O)N[C@@H](Cc1ccc(O)cc1)C(=O)N[C@@H](CCC(=O)O)C(=O)N[C@@H](CO)C(=O)N[C@@H](C)C(=O)N[C@H](C(=O)NCC(=O)N[C@@H](CC(N)=O)C(=O)O)C(C)C)[C@@H](C)O)[C@@H](C)O. The van der Waals surface area contributed by atoms with Gasteiger partial charge in [0.2, 0.25) is 106 Å². The number of aliphatic carboxylic acids is 3. The van der Waals surface area contributed by atoms with Gasteiger partial charge in [0.15, 0.2) is 0 Å². The van der Waals surface area contributed by atoms with Crippen LogP contribution in [0, 0.1) is 11.8 Å². The number of aromatic hydroxyl groups is 1. The predicted octanol–water partition coefficient (Wildman–Crippen LogP) is -12.8. The third-order valence-electron chi connectivity index (χ3n) is 16.4. The van der Waals surface area contributed by atoms with Crippen LogP contribution in [0.5, 0.6) is 5.75 Å². The van der Waals surface area contributed by atoms with Gasteiger partial charge < -0.3 is 143 Å². The van der Waals surface area contributed by atoms with Gasteiger partial charge in [-0.05, 0) is 90.8 Å². The Bertz CT molecular complexity index is 3690. The van der Waals surface area contributed by atoms with Crippen molar-refractivity contribution in [3.05, 3.63) is 29.8 Å². The molecule has 1 aromatic carbocycles. The lowest BCUT2D eigenvalue weighted by Crippen LogP contribution is -2.61. The predicted molar refractivity (Wildman–Crippen MR) is 397 cm³/mol. The van der Waals surface area contributed by atoms with Crippen molar-refractivity contribution in [2.75, 3.05) is 32.8 Å². The van der Waals surface area contributed by atoms with Crippen LogP contribution >= 0.6 is 0 Å². The number of aliphatic hydroxyl groups excluding tert-OH is 4. The first-order chi connectivity index (χ1) is 53.9. The van der Waals surface area contributed by atoms with Crippen molar-refractivity contribution in [2.24, 2.45) is 23.3 Å². The number of amides is 18. The number of carboxylic acids is 3. The Morgan fingerprint density at radius 3 is 1.22 bits per heavy atom. The Hall–Kier alpha value is -12.3. The number of benzene rings is 1.